The van der Waals surface area contributed by atoms with Crippen LogP contribution in [-0.2, 0) is 0 Å². The van der Waals surface area contributed by atoms with Crippen LogP contribution in [-0.4, -0.2) is 0 Å². The summed E-state index contributed by atoms with van der Waals surface area (Å²) in [5.41, 5.74) is 0. The molecule has 0 N–H and O–H groups in total. The summed E-state index contributed by atoms with van der Waals surface area (Å²) in [5, 5.41) is 0. The van der Waals surface area contributed by atoms with Crippen molar-refractivity contribution >= 4 is 0 Å². The molecule has 0 fully saturated rings. The third-order valence-corrected chi connectivity index (χ3v) is 0.577. The second kappa shape index (κ2) is 5.60. The third kappa shape index (κ3) is 8.82. The Hall–Kier alpha value is 0.597. The van der Waals surface area contributed by atoms with E-state index in [1.165, 1.54) is 0 Å². The maximum atomic E-state index is 3.69. The van der Waals surface area contributed by atoms with E-state index in [1.807, 2.05) is 0 Å². The first-order valence-electron chi connectivity index (χ1n) is 2.06. The molecule has 0 aromatic heterocycles. The van der Waals surface area contributed by atoms with Gasteiger partial charge in [0.1, 0.15) is 0 Å². The van der Waals surface area contributed by atoms with Crippen LogP contribution in [0.25, 0.3) is 0 Å². The van der Waals surface area contributed by atoms with Crippen molar-refractivity contribution in [1.29, 1.82) is 0 Å². The Morgan fingerprint density at radius 1 is 1.50 bits per heavy atom. The van der Waals surface area contributed by atoms with E-state index in [1.54, 1.807) is 0 Å². The molecule has 0 saturated carbocycles. The minimum atomic E-state index is 0. The summed E-state index contributed by atoms with van der Waals surface area (Å²) in [6.45, 7) is 8.00. The monoisotopic (exact) mass is 78.1 g/mol. The average Bonchev–Trinajstić information content (AvgIpc) is 1.38. The van der Waals surface area contributed by atoms with E-state index in [-0.39, 0.29) is 18.9 Å². The van der Waals surface area contributed by atoms with E-state index < -0.39 is 0 Å². The fraction of sp³-hybridized carbons (Fsp3) is 0.800. The molecule has 6 heavy (non-hydrogen) atoms. The number of hydrogen-bond acceptors (Lipinski definition) is 0. The minimum Gasteiger partial charge on any atom is -0.343 e. The van der Waals surface area contributed by atoms with Gasteiger partial charge in [-0.15, -0.1) is 0 Å². The zero-order valence-electron chi connectivity index (χ0n) is 4.99. The number of hydrogen-bond donors (Lipinski definition) is 0. The molecule has 0 aliphatic heterocycles. The first-order valence-corrected chi connectivity index (χ1v) is 2.06. The molecule has 0 spiro atoms. The average molecular weight is 78.1 g/mol. The second-order valence-corrected chi connectivity index (χ2v) is 1.68. The SMILES string of the molecule is [CH2-]CC(C)C.[Li+]. The van der Waals surface area contributed by atoms with Gasteiger partial charge in [-0.1, -0.05) is 19.8 Å². The van der Waals surface area contributed by atoms with E-state index in [0.717, 1.165) is 12.3 Å². The molecule has 0 saturated heterocycles. The van der Waals surface area contributed by atoms with Crippen molar-refractivity contribution in [3.05, 3.63) is 6.92 Å². The molecular weight excluding hydrogens is 67.0 g/mol. The number of rotatable bonds is 1. The molecule has 0 aliphatic carbocycles. The van der Waals surface area contributed by atoms with E-state index in [2.05, 4.69) is 20.8 Å². The summed E-state index contributed by atoms with van der Waals surface area (Å²) in [6, 6.07) is 0. The molecule has 0 unspecified atom stereocenters. The summed E-state index contributed by atoms with van der Waals surface area (Å²) in [4.78, 5) is 0. The summed E-state index contributed by atoms with van der Waals surface area (Å²) >= 11 is 0. The topological polar surface area (TPSA) is 0 Å². The van der Waals surface area contributed by atoms with Crippen LogP contribution in [0.3, 0.4) is 0 Å². The Bertz CT molecular complexity index is 17.9. The first kappa shape index (κ1) is 9.78. The predicted octanol–water partition coefficient (Wildman–Crippen LogP) is -1.13. The van der Waals surface area contributed by atoms with Crippen LogP contribution in [0.1, 0.15) is 20.3 Å². The van der Waals surface area contributed by atoms with Crippen LogP contribution in [0.15, 0.2) is 0 Å². The zero-order chi connectivity index (χ0) is 4.28. The van der Waals surface area contributed by atoms with Gasteiger partial charge in [0.2, 0.25) is 0 Å². The van der Waals surface area contributed by atoms with E-state index in [0.29, 0.717) is 0 Å². The van der Waals surface area contributed by atoms with Gasteiger partial charge in [0, 0.05) is 0 Å². The van der Waals surface area contributed by atoms with Crippen LogP contribution in [0.4, 0.5) is 0 Å². The van der Waals surface area contributed by atoms with Gasteiger partial charge in [-0.2, -0.15) is 6.42 Å². The quantitative estimate of drug-likeness (QED) is 0.275. The van der Waals surface area contributed by atoms with Gasteiger partial charge in [0.25, 0.3) is 0 Å². The standard InChI is InChI=1S/C5H11.Li/c1-4-5(2)3;/h5H,1,4H2,2-3H3;/q-1;+1. The molecule has 32 valence electrons. The van der Waals surface area contributed by atoms with Gasteiger partial charge in [-0.25, -0.2) is 0 Å². The molecule has 0 atom stereocenters. The van der Waals surface area contributed by atoms with Crippen LogP contribution >= 0.6 is 0 Å². The molecule has 0 bridgehead atoms. The van der Waals surface area contributed by atoms with Gasteiger partial charge < -0.3 is 6.92 Å². The van der Waals surface area contributed by atoms with Crippen molar-refractivity contribution in [1.82, 2.24) is 0 Å². The molecule has 1 heteroatoms. The van der Waals surface area contributed by atoms with Gasteiger partial charge in [0.05, 0.1) is 0 Å². The summed E-state index contributed by atoms with van der Waals surface area (Å²) < 4.78 is 0. The smallest absolute Gasteiger partial charge is 0.343 e. The summed E-state index contributed by atoms with van der Waals surface area (Å²) in [7, 11) is 0. The molecular formula is C5H11Li. The fourth-order valence-electron chi connectivity index (χ4n) is 0. The Balaban J connectivity index is 0. The zero-order valence-corrected chi connectivity index (χ0v) is 4.99. The van der Waals surface area contributed by atoms with E-state index in [9.17, 15) is 0 Å². The third-order valence-electron chi connectivity index (χ3n) is 0.577. The molecule has 0 radical (unpaired) electrons. The van der Waals surface area contributed by atoms with Crippen LogP contribution in [0.2, 0.25) is 0 Å². The predicted molar refractivity (Wildman–Crippen MR) is 24.8 cm³/mol. The Labute approximate surface area is 52.5 Å². The molecule has 0 aliphatic rings. The molecule has 0 aromatic carbocycles. The largest absolute Gasteiger partial charge is 1.00 e. The molecule has 0 amide bonds. The second-order valence-electron chi connectivity index (χ2n) is 1.68. The van der Waals surface area contributed by atoms with Crippen molar-refractivity contribution in [3.63, 3.8) is 0 Å². The van der Waals surface area contributed by atoms with Gasteiger partial charge in [-0.3, -0.25) is 0 Å². The molecule has 0 aromatic rings. The van der Waals surface area contributed by atoms with Crippen molar-refractivity contribution < 1.29 is 18.9 Å². The van der Waals surface area contributed by atoms with Gasteiger partial charge >= 0.3 is 18.9 Å². The van der Waals surface area contributed by atoms with Crippen LogP contribution in [0, 0.1) is 12.8 Å². The van der Waals surface area contributed by atoms with Crippen molar-refractivity contribution in [2.75, 3.05) is 0 Å². The van der Waals surface area contributed by atoms with Gasteiger partial charge in [0.15, 0.2) is 0 Å². The Morgan fingerprint density at radius 2 is 1.67 bits per heavy atom. The molecule has 0 rings (SSSR count). The fourth-order valence-corrected chi connectivity index (χ4v) is 0. The maximum absolute atomic E-state index is 3.69. The maximum Gasteiger partial charge on any atom is 1.00 e. The normalized spacial score (nSPS) is 8.00. The van der Waals surface area contributed by atoms with Crippen LogP contribution < -0.4 is 18.9 Å². The van der Waals surface area contributed by atoms with Crippen molar-refractivity contribution in [3.8, 4) is 0 Å². The summed E-state index contributed by atoms with van der Waals surface area (Å²) in [6.07, 6.45) is 1.06. The Morgan fingerprint density at radius 3 is 1.67 bits per heavy atom. The van der Waals surface area contributed by atoms with Crippen molar-refractivity contribution in [2.45, 2.75) is 20.3 Å². The first-order chi connectivity index (χ1) is 2.27. The van der Waals surface area contributed by atoms with Gasteiger partial charge in [-0.05, 0) is 0 Å². The van der Waals surface area contributed by atoms with Crippen molar-refractivity contribution in [2.24, 2.45) is 5.92 Å². The molecule has 0 heterocycles. The molecule has 0 nitrogen and oxygen atoms in total. The van der Waals surface area contributed by atoms with E-state index in [4.69, 9.17) is 0 Å². The Kier molecular flexibility index (Phi) is 9.12. The summed E-state index contributed by atoms with van der Waals surface area (Å²) in [5.74, 6) is 0.773. The van der Waals surface area contributed by atoms with Crippen LogP contribution in [0.5, 0.6) is 0 Å². The minimum absolute atomic E-state index is 0. The van der Waals surface area contributed by atoms with E-state index >= 15 is 0 Å².